The van der Waals surface area contributed by atoms with E-state index >= 15 is 0 Å². The average molecular weight is 280 g/mol. The van der Waals surface area contributed by atoms with Crippen LogP contribution in [0.15, 0.2) is 6.07 Å². The second-order valence-electron chi connectivity index (χ2n) is 4.56. The molecule has 1 aromatic rings. The molecule has 2 rings (SSSR count). The number of aromatic nitrogens is 2. The van der Waals surface area contributed by atoms with Crippen molar-refractivity contribution in [2.24, 2.45) is 5.92 Å². The molecule has 0 saturated carbocycles. The maximum atomic E-state index is 12.6. The van der Waals surface area contributed by atoms with Crippen LogP contribution in [-0.2, 0) is 6.18 Å². The first-order valence-electron chi connectivity index (χ1n) is 5.73. The molecule has 1 fully saturated rings. The molecule has 1 saturated heterocycles. The molecule has 0 radical (unpaired) electrons. The highest BCUT2D eigenvalue weighted by Crippen LogP contribution is 2.30. The lowest BCUT2D eigenvalue weighted by atomic mass is 10.0. The molecule has 3 nitrogen and oxygen atoms in total. The van der Waals surface area contributed by atoms with Crippen LogP contribution < -0.4 is 4.90 Å². The highest BCUT2D eigenvalue weighted by Gasteiger charge is 2.36. The molecule has 0 amide bonds. The van der Waals surface area contributed by atoms with Gasteiger partial charge in [-0.15, -0.1) is 0 Å². The van der Waals surface area contributed by atoms with Crippen molar-refractivity contribution in [2.75, 3.05) is 18.0 Å². The molecule has 2 heterocycles. The first-order valence-corrected chi connectivity index (χ1v) is 6.11. The lowest BCUT2D eigenvalue weighted by molar-refractivity contribution is -0.144. The van der Waals surface area contributed by atoms with Gasteiger partial charge < -0.3 is 4.90 Å². The Kier molecular flexibility index (Phi) is 3.66. The van der Waals surface area contributed by atoms with Gasteiger partial charge in [0.1, 0.15) is 11.0 Å². The summed E-state index contributed by atoms with van der Waals surface area (Å²) < 4.78 is 37.8. The van der Waals surface area contributed by atoms with Crippen LogP contribution in [0.2, 0.25) is 5.15 Å². The number of piperidine rings is 1. The minimum absolute atomic E-state index is 0.175. The van der Waals surface area contributed by atoms with E-state index in [4.69, 9.17) is 11.6 Å². The van der Waals surface area contributed by atoms with Gasteiger partial charge in [-0.05, 0) is 18.8 Å². The first kappa shape index (κ1) is 13.4. The molecule has 1 atom stereocenters. The number of nitrogens with zero attached hydrogens (tertiary/aromatic N) is 3. The zero-order valence-corrected chi connectivity index (χ0v) is 10.6. The quantitative estimate of drug-likeness (QED) is 0.738. The molecule has 7 heteroatoms. The monoisotopic (exact) mass is 279 g/mol. The second-order valence-corrected chi connectivity index (χ2v) is 4.95. The summed E-state index contributed by atoms with van der Waals surface area (Å²) in [4.78, 5) is 8.62. The predicted molar refractivity (Wildman–Crippen MR) is 62.7 cm³/mol. The summed E-state index contributed by atoms with van der Waals surface area (Å²) in [7, 11) is 0. The summed E-state index contributed by atoms with van der Waals surface area (Å²) in [5.74, 6) is -0.473. The van der Waals surface area contributed by atoms with Crippen LogP contribution in [0.25, 0.3) is 0 Å². The van der Waals surface area contributed by atoms with E-state index in [0.717, 1.165) is 12.8 Å². The van der Waals surface area contributed by atoms with Crippen LogP contribution in [0.1, 0.15) is 25.6 Å². The molecule has 0 N–H and O–H groups in total. The zero-order chi connectivity index (χ0) is 13.3. The highest BCUT2D eigenvalue weighted by atomic mass is 35.5. The van der Waals surface area contributed by atoms with Crippen LogP contribution in [-0.4, -0.2) is 23.1 Å². The van der Waals surface area contributed by atoms with E-state index in [-0.39, 0.29) is 11.0 Å². The maximum Gasteiger partial charge on any atom is 0.451 e. The van der Waals surface area contributed by atoms with Crippen LogP contribution in [0.4, 0.5) is 19.0 Å². The third-order valence-electron chi connectivity index (χ3n) is 2.92. The molecule has 1 aliphatic rings. The fourth-order valence-corrected chi connectivity index (χ4v) is 2.27. The Morgan fingerprint density at radius 2 is 2.11 bits per heavy atom. The molecular weight excluding hydrogens is 267 g/mol. The van der Waals surface area contributed by atoms with Gasteiger partial charge >= 0.3 is 6.18 Å². The van der Waals surface area contributed by atoms with Gasteiger partial charge in [-0.25, -0.2) is 9.97 Å². The lowest BCUT2D eigenvalue weighted by Crippen LogP contribution is -2.35. The Labute approximate surface area is 108 Å². The van der Waals surface area contributed by atoms with Gasteiger partial charge in [-0.3, -0.25) is 0 Å². The topological polar surface area (TPSA) is 29.0 Å². The van der Waals surface area contributed by atoms with Gasteiger partial charge in [-0.2, -0.15) is 13.2 Å². The number of hydrogen-bond donors (Lipinski definition) is 0. The number of rotatable bonds is 1. The molecule has 0 aromatic carbocycles. The van der Waals surface area contributed by atoms with Gasteiger partial charge in [0, 0.05) is 19.2 Å². The Hall–Kier alpha value is -1.04. The van der Waals surface area contributed by atoms with Crippen LogP contribution in [0.5, 0.6) is 0 Å². The Balaban J connectivity index is 2.30. The fraction of sp³-hybridized carbons (Fsp3) is 0.636. The SMILES string of the molecule is CC1CCCN(c2cc(Cl)nc(C(F)(F)F)n2)C1. The number of hydrogen-bond acceptors (Lipinski definition) is 3. The molecule has 0 bridgehead atoms. The standard InChI is InChI=1S/C11H13ClF3N3/c1-7-3-2-4-18(6-7)9-5-8(12)16-10(17-9)11(13,14)15/h5,7H,2-4,6H2,1H3. The van der Waals surface area contributed by atoms with Gasteiger partial charge in [0.15, 0.2) is 0 Å². The van der Waals surface area contributed by atoms with Gasteiger partial charge in [0.2, 0.25) is 5.82 Å². The maximum absolute atomic E-state index is 12.6. The lowest BCUT2D eigenvalue weighted by Gasteiger charge is -2.32. The molecule has 18 heavy (non-hydrogen) atoms. The fourth-order valence-electron chi connectivity index (χ4n) is 2.09. The Morgan fingerprint density at radius 1 is 1.39 bits per heavy atom. The van der Waals surface area contributed by atoms with Crippen LogP contribution in [0.3, 0.4) is 0 Å². The number of alkyl halides is 3. The van der Waals surface area contributed by atoms with Gasteiger partial charge in [0.25, 0.3) is 0 Å². The van der Waals surface area contributed by atoms with E-state index in [0.29, 0.717) is 19.0 Å². The second kappa shape index (κ2) is 4.91. The van der Waals surface area contributed by atoms with Crippen molar-refractivity contribution in [3.8, 4) is 0 Å². The van der Waals surface area contributed by atoms with Crippen LogP contribution in [0, 0.1) is 5.92 Å². The molecular formula is C11H13ClF3N3. The summed E-state index contributed by atoms with van der Waals surface area (Å²) in [6, 6.07) is 1.38. The third kappa shape index (κ3) is 3.04. The van der Waals surface area contributed by atoms with Crippen LogP contribution >= 0.6 is 11.6 Å². The third-order valence-corrected chi connectivity index (χ3v) is 3.11. The summed E-state index contributed by atoms with van der Waals surface area (Å²) in [5, 5.41) is -0.175. The van der Waals surface area contributed by atoms with Crippen molar-refractivity contribution >= 4 is 17.4 Å². The first-order chi connectivity index (χ1) is 8.36. The Bertz CT molecular complexity index is 436. The van der Waals surface area contributed by atoms with E-state index in [1.165, 1.54) is 6.07 Å². The van der Waals surface area contributed by atoms with E-state index in [1.807, 2.05) is 4.90 Å². The molecule has 0 aliphatic carbocycles. The minimum atomic E-state index is -4.57. The minimum Gasteiger partial charge on any atom is -0.356 e. The average Bonchev–Trinajstić information content (AvgIpc) is 2.27. The summed E-state index contributed by atoms with van der Waals surface area (Å²) in [5.41, 5.74) is 0. The van der Waals surface area contributed by atoms with Gasteiger partial charge in [0.05, 0.1) is 0 Å². The van der Waals surface area contributed by atoms with Crippen molar-refractivity contribution in [1.82, 2.24) is 9.97 Å². The summed E-state index contributed by atoms with van der Waals surface area (Å²) >= 11 is 5.63. The smallest absolute Gasteiger partial charge is 0.356 e. The molecule has 1 aliphatic heterocycles. The largest absolute Gasteiger partial charge is 0.451 e. The highest BCUT2D eigenvalue weighted by molar-refractivity contribution is 6.29. The van der Waals surface area contributed by atoms with Gasteiger partial charge in [-0.1, -0.05) is 18.5 Å². The predicted octanol–water partition coefficient (Wildman–Crippen LogP) is 3.39. The van der Waals surface area contributed by atoms with E-state index in [1.54, 1.807) is 0 Å². The Morgan fingerprint density at radius 3 is 2.72 bits per heavy atom. The van der Waals surface area contributed by atoms with Crippen molar-refractivity contribution in [3.63, 3.8) is 0 Å². The summed E-state index contributed by atoms with van der Waals surface area (Å²) in [6.07, 6.45) is -2.54. The molecule has 1 unspecified atom stereocenters. The molecule has 1 aromatic heterocycles. The number of anilines is 1. The van der Waals surface area contributed by atoms with Crippen molar-refractivity contribution in [1.29, 1.82) is 0 Å². The zero-order valence-electron chi connectivity index (χ0n) is 9.84. The van der Waals surface area contributed by atoms with E-state index < -0.39 is 12.0 Å². The normalized spacial score (nSPS) is 21.2. The van der Waals surface area contributed by atoms with Crippen molar-refractivity contribution in [2.45, 2.75) is 25.9 Å². The van der Waals surface area contributed by atoms with Crippen molar-refractivity contribution < 1.29 is 13.2 Å². The van der Waals surface area contributed by atoms with E-state index in [9.17, 15) is 13.2 Å². The molecule has 100 valence electrons. The van der Waals surface area contributed by atoms with Crippen molar-refractivity contribution in [3.05, 3.63) is 17.0 Å². The molecule has 0 spiro atoms. The van der Waals surface area contributed by atoms with E-state index in [2.05, 4.69) is 16.9 Å². The summed E-state index contributed by atoms with van der Waals surface area (Å²) in [6.45, 7) is 3.47. The number of halogens is 4.